The van der Waals surface area contributed by atoms with Gasteiger partial charge in [-0.3, -0.25) is 4.90 Å². The molecule has 2 fully saturated rings. The summed E-state index contributed by atoms with van der Waals surface area (Å²) in [6.45, 7) is 0.891. The zero-order valence-electron chi connectivity index (χ0n) is 16.1. The highest BCUT2D eigenvalue weighted by Crippen LogP contribution is 2.51. The molecule has 0 radical (unpaired) electrons. The van der Waals surface area contributed by atoms with Crippen molar-refractivity contribution in [2.75, 3.05) is 0 Å². The van der Waals surface area contributed by atoms with Crippen molar-refractivity contribution in [2.24, 2.45) is 0 Å². The van der Waals surface area contributed by atoms with Crippen LogP contribution in [0.25, 0.3) is 5.57 Å². The van der Waals surface area contributed by atoms with Crippen LogP contribution in [-0.4, -0.2) is 32.1 Å². The summed E-state index contributed by atoms with van der Waals surface area (Å²) in [6.07, 6.45) is 8.29. The number of hydrogen-bond acceptors (Lipinski definition) is 4. The van der Waals surface area contributed by atoms with Crippen molar-refractivity contribution in [1.82, 2.24) is 14.9 Å². The first kappa shape index (κ1) is 16.9. The fraction of sp³-hybridized carbons (Fsp3) is 0.292. The van der Waals surface area contributed by atoms with Gasteiger partial charge >= 0.3 is 0 Å². The van der Waals surface area contributed by atoms with Gasteiger partial charge in [0.15, 0.2) is 11.5 Å². The van der Waals surface area contributed by atoms with Gasteiger partial charge in [-0.1, -0.05) is 35.9 Å². The molecule has 0 spiro atoms. The van der Waals surface area contributed by atoms with Gasteiger partial charge in [-0.15, -0.1) is 0 Å². The Morgan fingerprint density at radius 1 is 1.03 bits per heavy atom. The lowest BCUT2D eigenvalue weighted by molar-refractivity contribution is 0.154. The molecule has 3 aliphatic rings. The van der Waals surface area contributed by atoms with Crippen LogP contribution in [-0.2, 0) is 6.54 Å². The van der Waals surface area contributed by atoms with Crippen LogP contribution in [0.4, 0.5) is 0 Å². The quantitative estimate of drug-likeness (QED) is 0.518. The summed E-state index contributed by atoms with van der Waals surface area (Å²) in [7, 11) is 0. The SMILES string of the molecule is Oc1cccc2c1Oc1ccccc1C2=C1CC2CCC(C1)N2Cc1ncc[nH]1. The average Bonchev–Trinajstić information content (AvgIpc) is 3.32. The van der Waals surface area contributed by atoms with Gasteiger partial charge in [-0.25, -0.2) is 4.98 Å². The zero-order chi connectivity index (χ0) is 19.4. The smallest absolute Gasteiger partial charge is 0.176 e. The van der Waals surface area contributed by atoms with E-state index in [1.165, 1.54) is 24.0 Å². The van der Waals surface area contributed by atoms with Crippen LogP contribution in [0.2, 0.25) is 0 Å². The van der Waals surface area contributed by atoms with Gasteiger partial charge in [0.05, 0.1) is 6.54 Å². The van der Waals surface area contributed by atoms with E-state index in [1.807, 2.05) is 30.6 Å². The molecule has 0 aliphatic carbocycles. The number of phenolic OH excluding ortho intramolecular Hbond substituents is 1. The Morgan fingerprint density at radius 2 is 1.83 bits per heavy atom. The second-order valence-electron chi connectivity index (χ2n) is 8.23. The third kappa shape index (κ3) is 2.69. The molecule has 4 heterocycles. The van der Waals surface area contributed by atoms with Crippen LogP contribution >= 0.6 is 0 Å². The minimum Gasteiger partial charge on any atom is -0.504 e. The van der Waals surface area contributed by atoms with E-state index in [4.69, 9.17) is 4.74 Å². The minimum absolute atomic E-state index is 0.202. The van der Waals surface area contributed by atoms with Gasteiger partial charge < -0.3 is 14.8 Å². The van der Waals surface area contributed by atoms with E-state index in [1.54, 1.807) is 6.07 Å². The van der Waals surface area contributed by atoms with E-state index < -0.39 is 0 Å². The monoisotopic (exact) mass is 385 g/mol. The summed E-state index contributed by atoms with van der Waals surface area (Å²) in [5.74, 6) is 2.66. The molecular formula is C24H23N3O2. The molecule has 2 N–H and O–H groups in total. The number of H-pyrrole nitrogens is 1. The fourth-order valence-electron chi connectivity index (χ4n) is 5.35. The molecule has 29 heavy (non-hydrogen) atoms. The number of aromatic hydroxyl groups is 1. The first-order chi connectivity index (χ1) is 14.3. The fourth-order valence-corrected chi connectivity index (χ4v) is 5.35. The largest absolute Gasteiger partial charge is 0.504 e. The number of rotatable bonds is 2. The molecule has 3 aliphatic heterocycles. The summed E-state index contributed by atoms with van der Waals surface area (Å²) in [5.41, 5.74) is 4.89. The lowest BCUT2D eigenvalue weighted by Gasteiger charge is -2.37. The summed E-state index contributed by atoms with van der Waals surface area (Å²) in [5, 5.41) is 10.4. The molecule has 6 rings (SSSR count). The molecule has 5 heteroatoms. The number of nitrogens with zero attached hydrogens (tertiary/aromatic N) is 2. The molecule has 146 valence electrons. The van der Waals surface area contributed by atoms with E-state index in [0.29, 0.717) is 17.8 Å². The van der Waals surface area contributed by atoms with Gasteiger partial charge in [0.1, 0.15) is 11.6 Å². The van der Waals surface area contributed by atoms with E-state index in [-0.39, 0.29) is 5.75 Å². The number of hydrogen-bond donors (Lipinski definition) is 2. The van der Waals surface area contributed by atoms with Crippen LogP contribution in [0.15, 0.2) is 60.4 Å². The summed E-state index contributed by atoms with van der Waals surface area (Å²) in [4.78, 5) is 10.3. The summed E-state index contributed by atoms with van der Waals surface area (Å²) < 4.78 is 6.08. The van der Waals surface area contributed by atoms with Crippen molar-refractivity contribution >= 4 is 5.57 Å². The Kier molecular flexibility index (Phi) is 3.78. The van der Waals surface area contributed by atoms with Crippen molar-refractivity contribution in [1.29, 1.82) is 0 Å². The number of ether oxygens (including phenoxy) is 1. The number of fused-ring (bicyclic) bond motifs is 4. The lowest BCUT2D eigenvalue weighted by Crippen LogP contribution is -2.40. The number of nitrogens with one attached hydrogen (secondary N) is 1. The molecule has 5 nitrogen and oxygen atoms in total. The first-order valence-electron chi connectivity index (χ1n) is 10.3. The predicted molar refractivity (Wildman–Crippen MR) is 111 cm³/mol. The normalized spacial score (nSPS) is 22.9. The average molecular weight is 385 g/mol. The van der Waals surface area contributed by atoms with Gasteiger partial charge in [0, 0.05) is 35.6 Å². The van der Waals surface area contributed by atoms with Gasteiger partial charge in [-0.2, -0.15) is 0 Å². The van der Waals surface area contributed by atoms with Crippen molar-refractivity contribution < 1.29 is 9.84 Å². The second-order valence-corrected chi connectivity index (χ2v) is 8.23. The van der Waals surface area contributed by atoms with E-state index in [9.17, 15) is 5.11 Å². The summed E-state index contributed by atoms with van der Waals surface area (Å²) >= 11 is 0. The molecule has 2 unspecified atom stereocenters. The molecule has 2 aromatic carbocycles. The topological polar surface area (TPSA) is 61.4 Å². The Bertz CT molecular complexity index is 1090. The number of benzene rings is 2. The second kappa shape index (κ2) is 6.49. The molecule has 0 saturated carbocycles. The highest BCUT2D eigenvalue weighted by molar-refractivity contribution is 5.91. The number of aromatic nitrogens is 2. The Labute approximate surface area is 169 Å². The number of para-hydroxylation sites is 2. The van der Waals surface area contributed by atoms with Crippen molar-refractivity contribution in [3.63, 3.8) is 0 Å². The van der Waals surface area contributed by atoms with Crippen LogP contribution in [0.3, 0.4) is 0 Å². The number of aromatic amines is 1. The van der Waals surface area contributed by atoms with Crippen molar-refractivity contribution in [2.45, 2.75) is 44.3 Å². The van der Waals surface area contributed by atoms with E-state index in [0.717, 1.165) is 42.1 Å². The highest BCUT2D eigenvalue weighted by Gasteiger charge is 2.40. The highest BCUT2D eigenvalue weighted by atomic mass is 16.5. The van der Waals surface area contributed by atoms with Gasteiger partial charge in [0.2, 0.25) is 0 Å². The van der Waals surface area contributed by atoms with Crippen molar-refractivity contribution in [3.8, 4) is 17.2 Å². The van der Waals surface area contributed by atoms with E-state index in [2.05, 4.69) is 33.1 Å². The number of imidazole rings is 1. The van der Waals surface area contributed by atoms with Crippen molar-refractivity contribution in [3.05, 3.63) is 77.4 Å². The maximum atomic E-state index is 10.4. The van der Waals surface area contributed by atoms with Crippen LogP contribution in [0.1, 0.15) is 42.6 Å². The maximum absolute atomic E-state index is 10.4. The molecule has 0 amide bonds. The third-order valence-corrected chi connectivity index (χ3v) is 6.61. The Morgan fingerprint density at radius 3 is 2.62 bits per heavy atom. The number of phenols is 1. The Balaban J connectivity index is 1.43. The minimum atomic E-state index is 0.202. The van der Waals surface area contributed by atoms with Crippen LogP contribution in [0, 0.1) is 0 Å². The van der Waals surface area contributed by atoms with Gasteiger partial charge in [-0.05, 0) is 43.4 Å². The van der Waals surface area contributed by atoms with Crippen LogP contribution < -0.4 is 4.74 Å². The Hall–Kier alpha value is -3.05. The summed E-state index contributed by atoms with van der Waals surface area (Å²) in [6, 6.07) is 14.9. The van der Waals surface area contributed by atoms with Crippen LogP contribution in [0.5, 0.6) is 17.2 Å². The van der Waals surface area contributed by atoms with E-state index >= 15 is 0 Å². The molecule has 2 saturated heterocycles. The maximum Gasteiger partial charge on any atom is 0.176 e. The first-order valence-corrected chi connectivity index (χ1v) is 10.3. The van der Waals surface area contributed by atoms with Gasteiger partial charge in [0.25, 0.3) is 0 Å². The molecule has 3 aromatic rings. The third-order valence-electron chi connectivity index (χ3n) is 6.61. The molecular weight excluding hydrogens is 362 g/mol. The zero-order valence-corrected chi connectivity index (χ0v) is 16.1. The lowest BCUT2D eigenvalue weighted by atomic mass is 9.84. The molecule has 1 aromatic heterocycles. The number of piperidine rings is 1. The predicted octanol–water partition coefficient (Wildman–Crippen LogP) is 4.85. The molecule has 2 atom stereocenters. The molecule has 2 bridgehead atoms. The standard InChI is InChI=1S/C24H23N3O2/c28-20-6-3-5-19-23(18-4-1-2-7-21(18)29-24(19)20)15-12-16-8-9-17(13-15)27(16)14-22-25-10-11-26-22/h1-7,10-11,16-17,28H,8-9,12-14H2,(H,25,26).